The summed E-state index contributed by atoms with van der Waals surface area (Å²) in [5.74, 6) is 0.396. The first-order chi connectivity index (χ1) is 13.4. The summed E-state index contributed by atoms with van der Waals surface area (Å²) in [6, 6.07) is 11.8. The van der Waals surface area contributed by atoms with Crippen molar-refractivity contribution in [1.29, 1.82) is 0 Å². The van der Waals surface area contributed by atoms with Gasteiger partial charge in [-0.3, -0.25) is 9.89 Å². The lowest BCUT2D eigenvalue weighted by Gasteiger charge is -2.08. The third-order valence-electron chi connectivity index (χ3n) is 4.49. The number of aromatic nitrogens is 2. The van der Waals surface area contributed by atoms with Gasteiger partial charge in [0.15, 0.2) is 5.82 Å². The number of anilines is 1. The van der Waals surface area contributed by atoms with Crippen LogP contribution in [0.5, 0.6) is 0 Å². The van der Waals surface area contributed by atoms with Crippen molar-refractivity contribution in [2.75, 3.05) is 11.9 Å². The molecule has 0 saturated heterocycles. The van der Waals surface area contributed by atoms with Gasteiger partial charge < -0.3 is 5.32 Å². The summed E-state index contributed by atoms with van der Waals surface area (Å²) in [5.41, 5.74) is 1.07. The molecule has 4 rings (SSSR count). The number of hydrogen-bond acceptors (Lipinski definition) is 5. The van der Waals surface area contributed by atoms with Crippen LogP contribution in [0.4, 0.5) is 5.82 Å². The summed E-state index contributed by atoms with van der Waals surface area (Å²) in [4.78, 5) is 14.8. The van der Waals surface area contributed by atoms with Crippen molar-refractivity contribution in [3.8, 4) is 10.6 Å². The van der Waals surface area contributed by atoms with Gasteiger partial charge >= 0.3 is 0 Å². The molecule has 9 heteroatoms. The van der Waals surface area contributed by atoms with Gasteiger partial charge in [0.1, 0.15) is 0 Å². The molecule has 7 nitrogen and oxygen atoms in total. The van der Waals surface area contributed by atoms with Gasteiger partial charge in [-0.15, -0.1) is 11.3 Å². The second-order valence-corrected chi connectivity index (χ2v) is 9.91. The van der Waals surface area contributed by atoms with Crippen molar-refractivity contribution in [3.63, 3.8) is 0 Å². The van der Waals surface area contributed by atoms with Crippen LogP contribution >= 0.6 is 11.3 Å². The number of amides is 1. The van der Waals surface area contributed by atoms with E-state index < -0.39 is 15.9 Å². The number of hydrogen-bond donors (Lipinski definition) is 3. The first-order valence-electron chi connectivity index (χ1n) is 8.94. The highest BCUT2D eigenvalue weighted by atomic mass is 32.2. The van der Waals surface area contributed by atoms with E-state index in [1.165, 1.54) is 17.0 Å². The van der Waals surface area contributed by atoms with E-state index >= 15 is 0 Å². The fourth-order valence-electron chi connectivity index (χ4n) is 2.72. The molecule has 3 N–H and O–H groups in total. The van der Waals surface area contributed by atoms with Crippen LogP contribution in [-0.2, 0) is 10.0 Å². The summed E-state index contributed by atoms with van der Waals surface area (Å²) in [6.07, 6.45) is 2.11. The van der Waals surface area contributed by atoms with Crippen LogP contribution in [0.3, 0.4) is 0 Å². The Morgan fingerprint density at radius 2 is 2.07 bits per heavy atom. The van der Waals surface area contributed by atoms with E-state index in [1.54, 1.807) is 29.5 Å². The lowest BCUT2D eigenvalue weighted by molar-refractivity contribution is 0.102. The number of rotatable bonds is 7. The van der Waals surface area contributed by atoms with E-state index in [2.05, 4.69) is 20.2 Å². The number of carbonyl (C=O) groups excluding carboxylic acids is 1. The highest BCUT2D eigenvalue weighted by Gasteiger charge is 2.24. The predicted molar refractivity (Wildman–Crippen MR) is 109 cm³/mol. The standard InChI is InChI=1S/C19H20N4O3S2/c1-12-5-8-17(27-12)16-10-18(23-22-16)21-19(24)14-3-2-4-15(9-14)28(25,26)20-11-13-6-7-13/h2-5,8-10,13,20H,6-7,11H2,1H3,(H2,21,22,23,24). The maximum absolute atomic E-state index is 12.5. The number of nitrogens with one attached hydrogen (secondary N) is 3. The van der Waals surface area contributed by atoms with E-state index in [9.17, 15) is 13.2 Å². The Hall–Kier alpha value is -2.49. The minimum absolute atomic E-state index is 0.0811. The topological polar surface area (TPSA) is 104 Å². The molecule has 3 aromatic rings. The molecular weight excluding hydrogens is 396 g/mol. The Morgan fingerprint density at radius 3 is 2.79 bits per heavy atom. The van der Waals surface area contributed by atoms with E-state index in [1.807, 2.05) is 19.1 Å². The fourth-order valence-corrected chi connectivity index (χ4v) is 4.71. The van der Waals surface area contributed by atoms with Gasteiger partial charge in [0, 0.05) is 23.1 Å². The highest BCUT2D eigenvalue weighted by molar-refractivity contribution is 7.89. The lowest BCUT2D eigenvalue weighted by atomic mass is 10.2. The van der Waals surface area contributed by atoms with Crippen molar-refractivity contribution < 1.29 is 13.2 Å². The number of sulfonamides is 1. The Kier molecular flexibility index (Phi) is 5.05. The normalized spacial score (nSPS) is 14.2. The average Bonchev–Trinajstić information content (AvgIpc) is 3.24. The van der Waals surface area contributed by atoms with Crippen molar-refractivity contribution in [3.05, 3.63) is 52.9 Å². The molecule has 0 radical (unpaired) electrons. The molecule has 1 aromatic carbocycles. The summed E-state index contributed by atoms with van der Waals surface area (Å²) in [5, 5.41) is 9.72. The molecule has 1 fully saturated rings. The highest BCUT2D eigenvalue weighted by Crippen LogP contribution is 2.29. The van der Waals surface area contributed by atoms with Gasteiger partial charge in [0.2, 0.25) is 10.0 Å². The molecule has 0 unspecified atom stereocenters. The van der Waals surface area contributed by atoms with Crippen molar-refractivity contribution in [1.82, 2.24) is 14.9 Å². The molecule has 0 atom stereocenters. The third kappa shape index (κ3) is 4.32. The zero-order chi connectivity index (χ0) is 19.7. The Labute approximate surface area is 167 Å². The van der Waals surface area contributed by atoms with Crippen LogP contribution in [0.25, 0.3) is 10.6 Å². The summed E-state index contributed by atoms with van der Waals surface area (Å²) in [6.45, 7) is 2.46. The monoisotopic (exact) mass is 416 g/mol. The number of thiophene rings is 1. The maximum Gasteiger partial charge on any atom is 0.256 e. The maximum atomic E-state index is 12.5. The van der Waals surface area contributed by atoms with E-state index in [0.717, 1.165) is 23.4 Å². The first-order valence-corrected chi connectivity index (χ1v) is 11.2. The van der Waals surface area contributed by atoms with Crippen molar-refractivity contribution >= 4 is 33.1 Å². The van der Waals surface area contributed by atoms with Crippen LogP contribution in [0, 0.1) is 12.8 Å². The van der Waals surface area contributed by atoms with Gasteiger partial charge in [-0.2, -0.15) is 5.10 Å². The molecular formula is C19H20N4O3S2. The number of aryl methyl sites for hydroxylation is 1. The first kappa shape index (κ1) is 18.9. The molecule has 2 heterocycles. The quantitative estimate of drug-likeness (QED) is 0.549. The van der Waals surface area contributed by atoms with Crippen molar-refractivity contribution in [2.45, 2.75) is 24.7 Å². The zero-order valence-electron chi connectivity index (χ0n) is 15.2. The number of aromatic amines is 1. The van der Waals surface area contributed by atoms with Crippen LogP contribution in [0.15, 0.2) is 47.4 Å². The van der Waals surface area contributed by atoms with Gasteiger partial charge in [-0.1, -0.05) is 6.07 Å². The molecule has 1 saturated carbocycles. The molecule has 2 aromatic heterocycles. The Balaban J connectivity index is 1.47. The molecule has 1 aliphatic carbocycles. The molecule has 28 heavy (non-hydrogen) atoms. The summed E-state index contributed by atoms with van der Waals surface area (Å²) >= 11 is 1.63. The minimum atomic E-state index is -3.62. The third-order valence-corrected chi connectivity index (χ3v) is 6.95. The number of nitrogens with zero attached hydrogens (tertiary/aromatic N) is 1. The molecule has 1 aliphatic rings. The van der Waals surface area contributed by atoms with Gasteiger partial charge in [0.25, 0.3) is 5.91 Å². The Morgan fingerprint density at radius 1 is 1.25 bits per heavy atom. The number of benzene rings is 1. The van der Waals surface area contributed by atoms with Crippen LogP contribution in [0.1, 0.15) is 28.1 Å². The lowest BCUT2D eigenvalue weighted by Crippen LogP contribution is -2.26. The number of H-pyrrole nitrogens is 1. The molecule has 0 spiro atoms. The van der Waals surface area contributed by atoms with Crippen LogP contribution < -0.4 is 10.0 Å². The van der Waals surface area contributed by atoms with Gasteiger partial charge in [-0.05, 0) is 56.0 Å². The molecule has 0 bridgehead atoms. The van der Waals surface area contributed by atoms with E-state index in [-0.39, 0.29) is 10.5 Å². The molecule has 0 aliphatic heterocycles. The average molecular weight is 417 g/mol. The summed E-state index contributed by atoms with van der Waals surface area (Å²) < 4.78 is 27.4. The van der Waals surface area contributed by atoms with E-state index in [4.69, 9.17) is 0 Å². The van der Waals surface area contributed by atoms with Crippen LogP contribution in [0.2, 0.25) is 0 Å². The predicted octanol–water partition coefficient (Wildman–Crippen LogP) is 3.39. The zero-order valence-corrected chi connectivity index (χ0v) is 16.9. The van der Waals surface area contributed by atoms with Gasteiger partial charge in [-0.25, -0.2) is 13.1 Å². The van der Waals surface area contributed by atoms with Crippen LogP contribution in [-0.4, -0.2) is 31.1 Å². The second-order valence-electron chi connectivity index (χ2n) is 6.85. The smallest absolute Gasteiger partial charge is 0.256 e. The fraction of sp³-hybridized carbons (Fsp3) is 0.263. The van der Waals surface area contributed by atoms with Crippen molar-refractivity contribution in [2.24, 2.45) is 5.92 Å². The largest absolute Gasteiger partial charge is 0.305 e. The van der Waals surface area contributed by atoms with E-state index in [0.29, 0.717) is 18.3 Å². The second kappa shape index (κ2) is 7.50. The minimum Gasteiger partial charge on any atom is -0.305 e. The van der Waals surface area contributed by atoms with Gasteiger partial charge in [0.05, 0.1) is 15.5 Å². The SMILES string of the molecule is Cc1ccc(-c2cc(NC(=O)c3cccc(S(=O)(=O)NCC4CC4)c3)n[nH]2)s1. The Bertz CT molecular complexity index is 1110. The molecule has 1 amide bonds. The summed E-state index contributed by atoms with van der Waals surface area (Å²) in [7, 11) is -3.62. The number of carbonyl (C=O) groups is 1. The molecule has 146 valence electrons.